The predicted octanol–water partition coefficient (Wildman–Crippen LogP) is 9.85. The van der Waals surface area contributed by atoms with E-state index in [0.717, 1.165) is 44.1 Å². The molecule has 2 aliphatic rings. The third-order valence-corrected chi connectivity index (χ3v) is 10.6. The monoisotopic (exact) mass is 746 g/mol. The minimum atomic E-state index is -1.10. The molecule has 2 saturated heterocycles. The largest absolute Gasteiger partial charge is 0.462 e. The van der Waals surface area contributed by atoms with Crippen molar-refractivity contribution in [3.8, 4) is 0 Å². The van der Waals surface area contributed by atoms with Crippen LogP contribution in [0.25, 0.3) is 0 Å². The summed E-state index contributed by atoms with van der Waals surface area (Å²) in [6, 6.07) is 8.82. The standard InChI is InChI=1S/C44H75NO8/c1-5-7-9-11-13-15-16-18-20-22-27-31-39(47)51-36(30-26-21-19-17-14-12-10-8-6-2)32-38(46)45-40-41(48)42-37(34-50-44(3,4)53-42)52-43(40)49-33-35-28-24-23-25-29-35/h23-25,28-29,36-37,40-43,48H,5-22,26-27,30-34H2,1-4H3,(H,45,46)/t36-,37-,40-,41-,42-,43-/m1/s1. The van der Waals surface area contributed by atoms with Crippen molar-refractivity contribution in [1.82, 2.24) is 5.32 Å². The summed E-state index contributed by atoms with van der Waals surface area (Å²) in [5.74, 6) is -1.46. The van der Waals surface area contributed by atoms with Gasteiger partial charge in [0.15, 0.2) is 12.1 Å². The molecule has 2 heterocycles. The Balaban J connectivity index is 1.53. The smallest absolute Gasteiger partial charge is 0.306 e. The number of fused-ring (bicyclic) bond motifs is 1. The van der Waals surface area contributed by atoms with Gasteiger partial charge >= 0.3 is 5.97 Å². The molecule has 0 bridgehead atoms. The summed E-state index contributed by atoms with van der Waals surface area (Å²) >= 11 is 0. The van der Waals surface area contributed by atoms with Crippen molar-refractivity contribution in [2.75, 3.05) is 6.61 Å². The Labute approximate surface area is 322 Å². The first kappa shape index (κ1) is 45.4. The number of hydrogen-bond acceptors (Lipinski definition) is 8. The van der Waals surface area contributed by atoms with Gasteiger partial charge in [-0.25, -0.2) is 0 Å². The van der Waals surface area contributed by atoms with Crippen LogP contribution >= 0.6 is 0 Å². The van der Waals surface area contributed by atoms with Crippen LogP contribution in [0, 0.1) is 0 Å². The van der Waals surface area contributed by atoms with Gasteiger partial charge in [-0.1, -0.05) is 160 Å². The summed E-state index contributed by atoms with van der Waals surface area (Å²) in [5.41, 5.74) is 0.945. The first-order valence-electron chi connectivity index (χ1n) is 21.5. The lowest BCUT2D eigenvalue weighted by Crippen LogP contribution is -2.68. The molecule has 0 saturated carbocycles. The van der Waals surface area contributed by atoms with Crippen molar-refractivity contribution in [3.05, 3.63) is 35.9 Å². The van der Waals surface area contributed by atoms with Gasteiger partial charge in [-0.05, 0) is 38.7 Å². The zero-order valence-corrected chi connectivity index (χ0v) is 33.8. The van der Waals surface area contributed by atoms with E-state index < -0.39 is 42.5 Å². The number of esters is 1. The average molecular weight is 746 g/mol. The van der Waals surface area contributed by atoms with Crippen LogP contribution < -0.4 is 5.32 Å². The highest BCUT2D eigenvalue weighted by Gasteiger charge is 2.51. The van der Waals surface area contributed by atoms with E-state index in [4.69, 9.17) is 23.7 Å². The second kappa shape index (κ2) is 26.7. The highest BCUT2D eigenvalue weighted by atomic mass is 16.8. The fourth-order valence-corrected chi connectivity index (χ4v) is 7.41. The van der Waals surface area contributed by atoms with Gasteiger partial charge in [0.1, 0.15) is 30.5 Å². The minimum Gasteiger partial charge on any atom is -0.462 e. The Hall–Kier alpha value is -2.04. The molecule has 6 atom stereocenters. The number of carbonyl (C=O) groups excluding carboxylic acids is 2. The lowest BCUT2D eigenvalue weighted by Gasteiger charge is -2.49. The molecular formula is C44H75NO8. The van der Waals surface area contributed by atoms with Crippen LogP contribution in [-0.2, 0) is 39.9 Å². The van der Waals surface area contributed by atoms with Gasteiger partial charge in [0.05, 0.1) is 19.6 Å². The van der Waals surface area contributed by atoms with E-state index in [1.807, 2.05) is 30.3 Å². The lowest BCUT2D eigenvalue weighted by molar-refractivity contribution is -0.369. The molecule has 2 aliphatic heterocycles. The number of unbranched alkanes of at least 4 members (excludes halogenated alkanes) is 18. The van der Waals surface area contributed by atoms with E-state index >= 15 is 0 Å². The molecule has 1 aromatic carbocycles. The molecule has 9 heteroatoms. The second-order valence-corrected chi connectivity index (χ2v) is 15.9. The molecule has 0 aromatic heterocycles. The summed E-state index contributed by atoms with van der Waals surface area (Å²) in [6.07, 6.45) is 21.3. The minimum absolute atomic E-state index is 0.0131. The van der Waals surface area contributed by atoms with Crippen LogP contribution in [0.4, 0.5) is 0 Å². The normalized spacial score (nSPS) is 22.9. The van der Waals surface area contributed by atoms with E-state index in [9.17, 15) is 14.7 Å². The maximum absolute atomic E-state index is 13.7. The van der Waals surface area contributed by atoms with E-state index in [-0.39, 0.29) is 31.5 Å². The third-order valence-electron chi connectivity index (χ3n) is 10.6. The molecule has 1 aromatic rings. The van der Waals surface area contributed by atoms with Crippen molar-refractivity contribution in [2.45, 2.75) is 225 Å². The molecule has 0 unspecified atom stereocenters. The van der Waals surface area contributed by atoms with Crippen LogP contribution in [0.1, 0.15) is 181 Å². The quantitative estimate of drug-likeness (QED) is 0.0616. The maximum Gasteiger partial charge on any atom is 0.306 e. The summed E-state index contributed by atoms with van der Waals surface area (Å²) in [5, 5.41) is 14.6. The van der Waals surface area contributed by atoms with Crippen LogP contribution in [0.15, 0.2) is 30.3 Å². The van der Waals surface area contributed by atoms with E-state index in [0.29, 0.717) is 12.8 Å². The number of aliphatic hydroxyl groups is 1. The zero-order chi connectivity index (χ0) is 38.2. The van der Waals surface area contributed by atoms with Crippen LogP contribution in [0.5, 0.6) is 0 Å². The molecule has 2 fully saturated rings. The molecule has 53 heavy (non-hydrogen) atoms. The number of benzene rings is 1. The van der Waals surface area contributed by atoms with E-state index in [1.54, 1.807) is 13.8 Å². The van der Waals surface area contributed by atoms with Crippen molar-refractivity contribution in [2.24, 2.45) is 0 Å². The molecule has 2 N–H and O–H groups in total. The van der Waals surface area contributed by atoms with Gasteiger partial charge in [-0.3, -0.25) is 9.59 Å². The molecule has 0 spiro atoms. The fourth-order valence-electron chi connectivity index (χ4n) is 7.41. The number of ether oxygens (including phenoxy) is 5. The molecule has 1 amide bonds. The van der Waals surface area contributed by atoms with Gasteiger partial charge in [-0.2, -0.15) is 0 Å². The van der Waals surface area contributed by atoms with E-state index in [2.05, 4.69) is 19.2 Å². The summed E-state index contributed by atoms with van der Waals surface area (Å²) in [4.78, 5) is 26.7. The van der Waals surface area contributed by atoms with Crippen molar-refractivity contribution in [1.29, 1.82) is 0 Å². The number of rotatable bonds is 29. The van der Waals surface area contributed by atoms with Gasteiger partial charge in [0.25, 0.3) is 0 Å². The number of carbonyl (C=O) groups is 2. The number of hydrogen-bond donors (Lipinski definition) is 2. The van der Waals surface area contributed by atoms with Crippen LogP contribution in [-0.4, -0.2) is 66.1 Å². The number of aliphatic hydroxyl groups excluding tert-OH is 1. The van der Waals surface area contributed by atoms with Crippen LogP contribution in [0.3, 0.4) is 0 Å². The Morgan fingerprint density at radius 1 is 0.811 bits per heavy atom. The van der Waals surface area contributed by atoms with Crippen molar-refractivity contribution >= 4 is 11.9 Å². The first-order valence-corrected chi connectivity index (χ1v) is 21.5. The molecule has 3 rings (SSSR count). The zero-order valence-electron chi connectivity index (χ0n) is 33.8. The highest BCUT2D eigenvalue weighted by molar-refractivity contribution is 5.77. The van der Waals surface area contributed by atoms with Crippen molar-refractivity contribution < 1.29 is 38.4 Å². The maximum atomic E-state index is 13.7. The van der Waals surface area contributed by atoms with Crippen LogP contribution in [0.2, 0.25) is 0 Å². The second-order valence-electron chi connectivity index (χ2n) is 15.9. The molecular weight excluding hydrogens is 670 g/mol. The highest BCUT2D eigenvalue weighted by Crippen LogP contribution is 2.33. The van der Waals surface area contributed by atoms with Gasteiger partial charge < -0.3 is 34.1 Å². The third kappa shape index (κ3) is 18.9. The van der Waals surface area contributed by atoms with Gasteiger partial charge in [-0.15, -0.1) is 0 Å². The summed E-state index contributed by atoms with van der Waals surface area (Å²) in [7, 11) is 0. The number of amides is 1. The fraction of sp³-hybridized carbons (Fsp3) is 0.818. The average Bonchev–Trinajstić information content (AvgIpc) is 3.14. The SMILES string of the molecule is CCCCCCCCCCCCCC(=O)O[C@H](CCCCCCCCCCC)CC(=O)N[C@H]1[C@H](OCc2ccccc2)O[C@@H]2COC(C)(C)O[C@H]2[C@@H]1O. The van der Waals surface area contributed by atoms with Gasteiger partial charge in [0, 0.05) is 6.42 Å². The number of nitrogens with one attached hydrogen (secondary N) is 1. The first-order chi connectivity index (χ1) is 25.7. The van der Waals surface area contributed by atoms with Crippen molar-refractivity contribution in [3.63, 3.8) is 0 Å². The Bertz CT molecular complexity index is 1100. The van der Waals surface area contributed by atoms with E-state index in [1.165, 1.54) is 89.9 Å². The Morgan fingerprint density at radius 3 is 1.94 bits per heavy atom. The lowest BCUT2D eigenvalue weighted by atomic mass is 9.95. The predicted molar refractivity (Wildman–Crippen MR) is 210 cm³/mol. The molecule has 0 radical (unpaired) electrons. The summed E-state index contributed by atoms with van der Waals surface area (Å²) in [6.45, 7) is 8.55. The summed E-state index contributed by atoms with van der Waals surface area (Å²) < 4.78 is 30.3. The Kier molecular flexibility index (Phi) is 22.9. The molecule has 0 aliphatic carbocycles. The molecule has 304 valence electrons. The Morgan fingerprint density at radius 2 is 1.36 bits per heavy atom. The van der Waals surface area contributed by atoms with Gasteiger partial charge in [0.2, 0.25) is 5.91 Å². The molecule has 9 nitrogen and oxygen atoms in total. The topological polar surface area (TPSA) is 113 Å².